The maximum absolute atomic E-state index is 12.3. The number of nitrogens with zero attached hydrogens (tertiary/aromatic N) is 1. The Morgan fingerprint density at radius 2 is 1.96 bits per heavy atom. The van der Waals surface area contributed by atoms with E-state index in [1.54, 1.807) is 36.4 Å². The number of thiocarbonyl (C=S) groups is 1. The lowest BCUT2D eigenvalue weighted by Crippen LogP contribution is -2.34. The van der Waals surface area contributed by atoms with E-state index in [2.05, 4.69) is 20.9 Å². The molecule has 3 aromatic rings. The molecule has 0 bridgehead atoms. The van der Waals surface area contributed by atoms with E-state index in [9.17, 15) is 9.59 Å². The lowest BCUT2D eigenvalue weighted by atomic mass is 10.2. The van der Waals surface area contributed by atoms with Crippen LogP contribution in [0.5, 0.6) is 5.75 Å². The minimum atomic E-state index is -0.347. The second-order valence-corrected chi connectivity index (χ2v) is 6.96. The van der Waals surface area contributed by atoms with Crippen LogP contribution in [0.4, 0.5) is 10.8 Å². The Bertz CT molecular complexity index is 1030. The number of nitrogens with one attached hydrogen (secondary N) is 3. The van der Waals surface area contributed by atoms with Crippen LogP contribution in [-0.4, -0.2) is 29.0 Å². The number of hydrogen-bond donors (Lipinski definition) is 3. The predicted molar refractivity (Wildman–Crippen MR) is 111 cm³/mol. The molecule has 27 heavy (non-hydrogen) atoms. The highest BCUT2D eigenvalue weighted by Gasteiger charge is 2.11. The zero-order valence-electron chi connectivity index (χ0n) is 14.5. The highest BCUT2D eigenvalue weighted by molar-refractivity contribution is 7.80. The van der Waals surface area contributed by atoms with E-state index in [-0.39, 0.29) is 16.9 Å². The molecule has 2 aromatic carbocycles. The number of carbonyl (C=O) groups excluding carboxylic acids is 2. The number of aromatic nitrogens is 1. The van der Waals surface area contributed by atoms with Crippen molar-refractivity contribution >= 4 is 61.5 Å². The molecule has 0 spiro atoms. The second kappa shape index (κ2) is 8.11. The van der Waals surface area contributed by atoms with Crippen molar-refractivity contribution < 1.29 is 14.3 Å². The fraction of sp³-hybridized carbons (Fsp3) is 0.111. The average Bonchev–Trinajstić information content (AvgIpc) is 3.02. The van der Waals surface area contributed by atoms with Gasteiger partial charge in [-0.3, -0.25) is 14.9 Å². The van der Waals surface area contributed by atoms with Crippen molar-refractivity contribution in [2.75, 3.05) is 17.7 Å². The van der Waals surface area contributed by atoms with Gasteiger partial charge in [0.05, 0.1) is 17.3 Å². The summed E-state index contributed by atoms with van der Waals surface area (Å²) in [7, 11) is 1.54. The number of methoxy groups -OCH3 is 1. The van der Waals surface area contributed by atoms with E-state index >= 15 is 0 Å². The van der Waals surface area contributed by atoms with Crippen LogP contribution >= 0.6 is 23.6 Å². The van der Waals surface area contributed by atoms with E-state index in [0.717, 1.165) is 10.2 Å². The second-order valence-electron chi connectivity index (χ2n) is 5.52. The summed E-state index contributed by atoms with van der Waals surface area (Å²) >= 11 is 6.56. The van der Waals surface area contributed by atoms with Crippen molar-refractivity contribution in [3.63, 3.8) is 0 Å². The molecule has 1 heterocycles. The molecular weight excluding hydrogens is 384 g/mol. The summed E-state index contributed by atoms with van der Waals surface area (Å²) in [5.41, 5.74) is 1.89. The summed E-state index contributed by atoms with van der Waals surface area (Å²) in [6, 6.07) is 12.2. The van der Waals surface area contributed by atoms with Gasteiger partial charge in [0.25, 0.3) is 5.91 Å². The molecule has 3 rings (SSSR count). The smallest absolute Gasteiger partial charge is 0.257 e. The Hall–Kier alpha value is -3.04. The quantitative estimate of drug-likeness (QED) is 0.582. The largest absolute Gasteiger partial charge is 0.497 e. The van der Waals surface area contributed by atoms with Gasteiger partial charge < -0.3 is 15.4 Å². The number of carbonyl (C=O) groups is 2. The van der Waals surface area contributed by atoms with Crippen LogP contribution in [0.15, 0.2) is 42.5 Å². The molecule has 0 atom stereocenters. The number of amides is 2. The Labute approximate surface area is 164 Å². The maximum Gasteiger partial charge on any atom is 0.257 e. The van der Waals surface area contributed by atoms with Crippen LogP contribution in [0.2, 0.25) is 0 Å². The first-order chi connectivity index (χ1) is 12.9. The number of hydrogen-bond acceptors (Lipinski definition) is 6. The third kappa shape index (κ3) is 4.78. The summed E-state index contributed by atoms with van der Waals surface area (Å²) in [6.07, 6.45) is 0. The van der Waals surface area contributed by atoms with Crippen LogP contribution < -0.4 is 20.7 Å². The summed E-state index contributed by atoms with van der Waals surface area (Å²) < 4.78 is 5.99. The van der Waals surface area contributed by atoms with Gasteiger partial charge in [0.1, 0.15) is 5.75 Å². The molecule has 138 valence electrons. The first kappa shape index (κ1) is 18.7. The van der Waals surface area contributed by atoms with Gasteiger partial charge >= 0.3 is 0 Å². The fourth-order valence-electron chi connectivity index (χ4n) is 2.33. The van der Waals surface area contributed by atoms with Crippen molar-refractivity contribution in [3.8, 4) is 5.75 Å². The molecule has 1 aromatic heterocycles. The molecule has 0 saturated heterocycles. The molecule has 0 saturated carbocycles. The molecule has 2 amide bonds. The van der Waals surface area contributed by atoms with Crippen molar-refractivity contribution in [1.29, 1.82) is 0 Å². The first-order valence-electron chi connectivity index (χ1n) is 7.89. The summed E-state index contributed by atoms with van der Waals surface area (Å²) in [5, 5.41) is 8.93. The van der Waals surface area contributed by atoms with Crippen LogP contribution in [-0.2, 0) is 4.79 Å². The molecule has 0 aliphatic heterocycles. The Kier molecular flexibility index (Phi) is 5.63. The number of rotatable bonds is 4. The normalized spacial score (nSPS) is 10.3. The van der Waals surface area contributed by atoms with Gasteiger partial charge in [0, 0.05) is 18.2 Å². The van der Waals surface area contributed by atoms with Gasteiger partial charge in [-0.1, -0.05) is 17.4 Å². The van der Waals surface area contributed by atoms with Crippen molar-refractivity contribution in [2.45, 2.75) is 6.92 Å². The minimum absolute atomic E-state index is 0.140. The van der Waals surface area contributed by atoms with Crippen LogP contribution in [0.1, 0.15) is 17.3 Å². The SMILES string of the molecule is COc1cccc(C(=O)NC(=S)Nc2nc3ccc(NC(C)=O)cc3s2)c1. The van der Waals surface area contributed by atoms with Crippen molar-refractivity contribution in [2.24, 2.45) is 0 Å². The maximum atomic E-state index is 12.3. The molecule has 0 radical (unpaired) electrons. The summed E-state index contributed by atoms with van der Waals surface area (Å²) in [5.74, 6) is 0.0989. The Balaban J connectivity index is 1.68. The Morgan fingerprint density at radius 3 is 2.70 bits per heavy atom. The van der Waals surface area contributed by atoms with Crippen molar-refractivity contribution in [1.82, 2.24) is 10.3 Å². The predicted octanol–water partition coefficient (Wildman–Crippen LogP) is 3.39. The molecule has 0 unspecified atom stereocenters. The van der Waals surface area contributed by atoms with Gasteiger partial charge in [-0.2, -0.15) is 0 Å². The summed E-state index contributed by atoms with van der Waals surface area (Å²) in [4.78, 5) is 27.9. The van der Waals surface area contributed by atoms with Gasteiger partial charge in [-0.25, -0.2) is 4.98 Å². The molecule has 3 N–H and O–H groups in total. The van der Waals surface area contributed by atoms with Crippen LogP contribution in [0.25, 0.3) is 10.2 Å². The molecule has 7 nitrogen and oxygen atoms in total. The molecule has 0 aliphatic carbocycles. The van der Waals surface area contributed by atoms with E-state index in [4.69, 9.17) is 17.0 Å². The van der Waals surface area contributed by atoms with Gasteiger partial charge in [0.15, 0.2) is 10.2 Å². The van der Waals surface area contributed by atoms with E-state index in [0.29, 0.717) is 22.1 Å². The van der Waals surface area contributed by atoms with E-state index in [1.165, 1.54) is 25.4 Å². The number of anilines is 2. The van der Waals surface area contributed by atoms with E-state index in [1.807, 2.05) is 6.07 Å². The molecule has 0 aliphatic rings. The Morgan fingerprint density at radius 1 is 1.15 bits per heavy atom. The number of benzene rings is 2. The van der Waals surface area contributed by atoms with Gasteiger partial charge in [-0.15, -0.1) is 0 Å². The lowest BCUT2D eigenvalue weighted by molar-refractivity contribution is -0.114. The van der Waals surface area contributed by atoms with Crippen LogP contribution in [0.3, 0.4) is 0 Å². The molecule has 0 fully saturated rings. The van der Waals surface area contributed by atoms with Crippen LogP contribution in [0, 0.1) is 0 Å². The highest BCUT2D eigenvalue weighted by Crippen LogP contribution is 2.28. The zero-order valence-corrected chi connectivity index (χ0v) is 16.2. The topological polar surface area (TPSA) is 92.3 Å². The summed E-state index contributed by atoms with van der Waals surface area (Å²) in [6.45, 7) is 1.45. The standard InChI is InChI=1S/C18H16N4O3S2/c1-10(23)19-12-6-7-14-15(9-12)27-18(20-14)22-17(26)21-16(24)11-4-3-5-13(8-11)25-2/h3-9H,1-2H3,(H,19,23)(H2,20,21,22,24,26). The third-order valence-electron chi connectivity index (χ3n) is 3.49. The third-order valence-corrected chi connectivity index (χ3v) is 4.63. The van der Waals surface area contributed by atoms with Gasteiger partial charge in [-0.05, 0) is 48.6 Å². The lowest BCUT2D eigenvalue weighted by Gasteiger charge is -2.08. The number of thiazole rings is 1. The van der Waals surface area contributed by atoms with E-state index < -0.39 is 0 Å². The highest BCUT2D eigenvalue weighted by atomic mass is 32.1. The fourth-order valence-corrected chi connectivity index (χ4v) is 3.49. The van der Waals surface area contributed by atoms with Crippen molar-refractivity contribution in [3.05, 3.63) is 48.0 Å². The molecule has 9 heteroatoms. The monoisotopic (exact) mass is 400 g/mol. The zero-order chi connectivity index (χ0) is 19.4. The van der Waals surface area contributed by atoms with Gasteiger partial charge in [0.2, 0.25) is 5.91 Å². The first-order valence-corrected chi connectivity index (χ1v) is 9.11. The average molecular weight is 400 g/mol. The minimum Gasteiger partial charge on any atom is -0.497 e. The number of ether oxygens (including phenoxy) is 1. The number of fused-ring (bicyclic) bond motifs is 1. The molecular formula is C18H16N4O3S2.